The monoisotopic (exact) mass is 585 g/mol. The smallest absolute Gasteiger partial charge is 0.282 e. The minimum Gasteiger partial charge on any atom is -0.453 e. The molecule has 0 saturated carbocycles. The highest BCUT2D eigenvalue weighted by atomic mass is 79.9. The lowest BCUT2D eigenvalue weighted by atomic mass is 10.2. The number of hydrogen-bond donors (Lipinski definition) is 0. The number of rotatable bonds is 5. The zero-order chi connectivity index (χ0) is 25.4. The topological polar surface area (TPSA) is 60.4 Å². The van der Waals surface area contributed by atoms with Crippen LogP contribution in [0.5, 0.6) is 0 Å². The lowest BCUT2D eigenvalue weighted by Crippen LogP contribution is -2.20. The fourth-order valence-corrected chi connectivity index (χ4v) is 5.22. The van der Waals surface area contributed by atoms with Gasteiger partial charge >= 0.3 is 0 Å². The van der Waals surface area contributed by atoms with Gasteiger partial charge in [0.05, 0.1) is 17.1 Å². The van der Waals surface area contributed by atoms with Gasteiger partial charge in [-0.05, 0) is 78.4 Å². The molecule has 0 aliphatic rings. The van der Waals surface area contributed by atoms with Crippen molar-refractivity contribution >= 4 is 67.4 Å². The van der Waals surface area contributed by atoms with Crippen LogP contribution in [0, 0.1) is 0 Å². The van der Waals surface area contributed by atoms with Crippen LogP contribution in [-0.2, 0) is 0 Å². The van der Waals surface area contributed by atoms with Crippen molar-refractivity contribution in [2.75, 3.05) is 0 Å². The molecule has 0 atom stereocenters. The maximum atomic E-state index is 13.4. The Kier molecular flexibility index (Phi) is 6.42. The van der Waals surface area contributed by atoms with Crippen molar-refractivity contribution in [1.82, 2.24) is 9.66 Å². The Labute approximate surface area is 229 Å². The first-order valence-electron chi connectivity index (χ1n) is 11.3. The minimum absolute atomic E-state index is 0.270. The largest absolute Gasteiger partial charge is 0.453 e. The second kappa shape index (κ2) is 10.0. The molecule has 2 heterocycles. The summed E-state index contributed by atoms with van der Waals surface area (Å²) in [5.74, 6) is 0.796. The fourth-order valence-electron chi connectivity index (χ4n) is 3.90. The highest BCUT2D eigenvalue weighted by molar-refractivity contribution is 9.10. The third-order valence-corrected chi connectivity index (χ3v) is 7.47. The summed E-state index contributed by atoms with van der Waals surface area (Å²) in [6.45, 7) is 0. The Hall–Kier alpha value is -3.65. The van der Waals surface area contributed by atoms with E-state index in [2.05, 4.69) is 21.0 Å². The molecule has 4 aromatic carbocycles. The SMILES string of the molecule is O=c1c2ccccc2nc(-c2cc3cc(Br)ccc3o2)n1N=Cc1ccc(Sc2ccc(Cl)cc2)cc1. The second-order valence-corrected chi connectivity index (χ2v) is 10.7. The summed E-state index contributed by atoms with van der Waals surface area (Å²) in [6.07, 6.45) is 1.65. The van der Waals surface area contributed by atoms with E-state index >= 15 is 0 Å². The van der Waals surface area contributed by atoms with Gasteiger partial charge in [0.2, 0.25) is 5.82 Å². The average Bonchev–Trinajstić information content (AvgIpc) is 3.33. The predicted octanol–water partition coefficient (Wildman–Crippen LogP) is 8.26. The standard InChI is InChI=1S/C29H17BrClN3O2S/c30-20-7-14-26-19(15-20)16-27(36-26)28-33-25-4-2-1-3-24(25)29(35)34(28)32-17-18-5-10-22(11-6-18)37-23-12-8-21(31)9-13-23/h1-17H. The molecule has 0 N–H and O–H groups in total. The maximum Gasteiger partial charge on any atom is 0.282 e. The van der Waals surface area contributed by atoms with Crippen LogP contribution in [-0.4, -0.2) is 15.9 Å². The van der Waals surface area contributed by atoms with Crippen LogP contribution in [0.1, 0.15) is 5.56 Å². The van der Waals surface area contributed by atoms with Crippen molar-refractivity contribution in [3.63, 3.8) is 0 Å². The highest BCUT2D eigenvalue weighted by Gasteiger charge is 2.16. The van der Waals surface area contributed by atoms with E-state index in [-0.39, 0.29) is 5.56 Å². The Bertz CT molecular complexity index is 1840. The van der Waals surface area contributed by atoms with E-state index in [0.717, 1.165) is 25.2 Å². The van der Waals surface area contributed by atoms with Crippen LogP contribution < -0.4 is 5.56 Å². The van der Waals surface area contributed by atoms with Gasteiger partial charge in [-0.25, -0.2) is 4.98 Å². The van der Waals surface area contributed by atoms with E-state index in [4.69, 9.17) is 21.0 Å². The molecule has 0 bridgehead atoms. The lowest BCUT2D eigenvalue weighted by Gasteiger charge is -2.07. The molecule has 0 amide bonds. The third kappa shape index (κ3) is 4.98. The molecule has 8 heteroatoms. The first kappa shape index (κ1) is 23.7. The number of aromatic nitrogens is 2. The number of hydrogen-bond acceptors (Lipinski definition) is 5. The van der Waals surface area contributed by atoms with E-state index in [1.54, 1.807) is 24.0 Å². The number of halogens is 2. The molecule has 5 nitrogen and oxygen atoms in total. The summed E-state index contributed by atoms with van der Waals surface area (Å²) < 4.78 is 8.29. The normalized spacial score (nSPS) is 11.6. The summed E-state index contributed by atoms with van der Waals surface area (Å²) in [4.78, 5) is 20.4. The number of nitrogens with zero attached hydrogens (tertiary/aromatic N) is 3. The molecule has 6 aromatic rings. The molecule has 0 fully saturated rings. The number of para-hydroxylation sites is 1. The molecule has 2 aromatic heterocycles. The number of fused-ring (bicyclic) bond motifs is 2. The summed E-state index contributed by atoms with van der Waals surface area (Å²) in [7, 11) is 0. The van der Waals surface area contributed by atoms with Gasteiger partial charge in [0.25, 0.3) is 5.56 Å². The van der Waals surface area contributed by atoms with Crippen LogP contribution in [0.3, 0.4) is 0 Å². The summed E-state index contributed by atoms with van der Waals surface area (Å²) in [6, 6.07) is 30.5. The third-order valence-electron chi connectivity index (χ3n) is 5.70. The molecule has 6 rings (SSSR count). The van der Waals surface area contributed by atoms with Crippen molar-refractivity contribution < 1.29 is 4.42 Å². The zero-order valence-corrected chi connectivity index (χ0v) is 22.3. The molecule has 0 spiro atoms. The van der Waals surface area contributed by atoms with E-state index in [1.807, 2.05) is 91.0 Å². The summed E-state index contributed by atoms with van der Waals surface area (Å²) in [5.41, 5.74) is 1.86. The van der Waals surface area contributed by atoms with Gasteiger partial charge in [0, 0.05) is 24.7 Å². The molecule has 0 aliphatic carbocycles. The lowest BCUT2D eigenvalue weighted by molar-refractivity contribution is 0.616. The van der Waals surface area contributed by atoms with Crippen LogP contribution in [0.25, 0.3) is 33.5 Å². The van der Waals surface area contributed by atoms with Gasteiger partial charge in [-0.3, -0.25) is 4.79 Å². The van der Waals surface area contributed by atoms with Crippen LogP contribution in [0.15, 0.2) is 126 Å². The van der Waals surface area contributed by atoms with E-state index in [0.29, 0.717) is 33.1 Å². The van der Waals surface area contributed by atoms with Crippen molar-refractivity contribution in [1.29, 1.82) is 0 Å². The fraction of sp³-hybridized carbons (Fsp3) is 0. The average molecular weight is 587 g/mol. The van der Waals surface area contributed by atoms with E-state index in [9.17, 15) is 4.79 Å². The Morgan fingerprint density at radius 3 is 2.43 bits per heavy atom. The van der Waals surface area contributed by atoms with Crippen LogP contribution in [0.2, 0.25) is 5.02 Å². The Balaban J connectivity index is 1.38. The molecular weight excluding hydrogens is 570 g/mol. The quantitative estimate of drug-likeness (QED) is 0.191. The first-order chi connectivity index (χ1) is 18.0. The predicted molar refractivity (Wildman–Crippen MR) is 154 cm³/mol. The molecule has 180 valence electrons. The van der Waals surface area contributed by atoms with Crippen molar-refractivity contribution in [2.45, 2.75) is 9.79 Å². The van der Waals surface area contributed by atoms with Crippen molar-refractivity contribution in [3.8, 4) is 11.6 Å². The number of benzene rings is 4. The van der Waals surface area contributed by atoms with Gasteiger partial charge in [0.1, 0.15) is 5.58 Å². The van der Waals surface area contributed by atoms with E-state index in [1.165, 1.54) is 4.68 Å². The number of furan rings is 1. The minimum atomic E-state index is -0.270. The van der Waals surface area contributed by atoms with Crippen LogP contribution in [0.4, 0.5) is 0 Å². The van der Waals surface area contributed by atoms with Crippen molar-refractivity contribution in [2.24, 2.45) is 5.10 Å². The van der Waals surface area contributed by atoms with Crippen LogP contribution >= 0.6 is 39.3 Å². The molecular formula is C29H17BrClN3O2S. The second-order valence-electron chi connectivity index (χ2n) is 8.23. The summed E-state index contributed by atoms with van der Waals surface area (Å²) >= 11 is 11.1. The van der Waals surface area contributed by atoms with Gasteiger partial charge in [-0.2, -0.15) is 9.78 Å². The molecule has 0 aliphatic heterocycles. The van der Waals surface area contributed by atoms with Gasteiger partial charge in [-0.1, -0.05) is 63.6 Å². The van der Waals surface area contributed by atoms with Gasteiger partial charge in [-0.15, -0.1) is 0 Å². The van der Waals surface area contributed by atoms with Gasteiger partial charge in [0.15, 0.2) is 5.76 Å². The summed E-state index contributed by atoms with van der Waals surface area (Å²) in [5, 5.41) is 6.63. The Morgan fingerprint density at radius 1 is 0.919 bits per heavy atom. The molecule has 0 radical (unpaired) electrons. The van der Waals surface area contributed by atoms with Crippen molar-refractivity contribution in [3.05, 3.63) is 122 Å². The molecule has 37 heavy (non-hydrogen) atoms. The first-order valence-corrected chi connectivity index (χ1v) is 13.3. The highest BCUT2D eigenvalue weighted by Crippen LogP contribution is 2.30. The van der Waals surface area contributed by atoms with E-state index < -0.39 is 0 Å². The Morgan fingerprint density at radius 2 is 1.65 bits per heavy atom. The molecule has 0 unspecified atom stereocenters. The van der Waals surface area contributed by atoms with Gasteiger partial charge < -0.3 is 4.42 Å². The molecule has 0 saturated heterocycles. The maximum absolute atomic E-state index is 13.4. The zero-order valence-electron chi connectivity index (χ0n) is 19.1.